The fraction of sp³-hybridized carbons (Fsp3) is 1.00. The van der Waals surface area contributed by atoms with Crippen LogP contribution >= 0.6 is 0 Å². The lowest BCUT2D eigenvalue weighted by Gasteiger charge is -2.58. The molecule has 0 nitrogen and oxygen atoms in total. The summed E-state index contributed by atoms with van der Waals surface area (Å²) in [6.07, 6.45) is 22.8. The van der Waals surface area contributed by atoms with Crippen LogP contribution in [0.15, 0.2) is 0 Å². The van der Waals surface area contributed by atoms with Crippen molar-refractivity contribution in [3.8, 4) is 0 Å². The van der Waals surface area contributed by atoms with Crippen molar-refractivity contribution in [1.82, 2.24) is 0 Å². The Morgan fingerprint density at radius 1 is 0.741 bits per heavy atom. The molecule has 0 heteroatoms. The lowest BCUT2D eigenvalue weighted by Crippen LogP contribution is -2.51. The van der Waals surface area contributed by atoms with Gasteiger partial charge in [-0.1, -0.05) is 105 Å². The average molecular weight is 373 g/mol. The zero-order valence-electron chi connectivity index (χ0n) is 19.1. The van der Waals surface area contributed by atoms with Crippen LogP contribution in [0.3, 0.4) is 0 Å². The molecule has 6 atom stereocenters. The van der Waals surface area contributed by atoms with E-state index >= 15 is 0 Å². The third kappa shape index (κ3) is 3.24. The maximum atomic E-state index is 2.84. The zero-order chi connectivity index (χ0) is 19.1. The van der Waals surface area contributed by atoms with E-state index in [1.807, 2.05) is 0 Å². The maximum Gasteiger partial charge on any atom is -0.0207 e. The monoisotopic (exact) mass is 372 g/mol. The highest BCUT2D eigenvalue weighted by Crippen LogP contribution is 2.74. The Bertz CT molecular complexity index is 482. The topological polar surface area (TPSA) is 0 Å². The molecule has 0 aliphatic heterocycles. The molecule has 0 aromatic carbocycles. The van der Waals surface area contributed by atoms with E-state index in [1.165, 1.54) is 57.8 Å². The number of hydrogen-bond acceptors (Lipinski definition) is 0. The predicted octanol–water partition coefficient (Wildman–Crippen LogP) is 8.64. The van der Waals surface area contributed by atoms with E-state index in [0.717, 1.165) is 35.5 Å². The van der Waals surface area contributed by atoms with Gasteiger partial charge in [0.2, 0.25) is 0 Å². The highest BCUT2D eigenvalue weighted by molar-refractivity contribution is 5.15. The van der Waals surface area contributed by atoms with Crippen molar-refractivity contribution in [2.45, 2.75) is 124 Å². The first-order valence-electron chi connectivity index (χ1n) is 13.0. The second-order valence-corrected chi connectivity index (χ2v) is 11.8. The minimum atomic E-state index is 0.616. The summed E-state index contributed by atoms with van der Waals surface area (Å²) in [6.45, 7) is 10.7. The Morgan fingerprint density at radius 2 is 1.33 bits per heavy atom. The molecule has 0 N–H and O–H groups in total. The van der Waals surface area contributed by atoms with Gasteiger partial charge in [-0.05, 0) is 65.6 Å². The Labute approximate surface area is 170 Å². The highest BCUT2D eigenvalue weighted by atomic mass is 14.7. The highest BCUT2D eigenvalue weighted by Gasteiger charge is 2.66. The second kappa shape index (κ2) is 8.02. The Morgan fingerprint density at radius 3 is 1.89 bits per heavy atom. The minimum Gasteiger partial charge on any atom is -0.0651 e. The molecule has 4 saturated carbocycles. The van der Waals surface area contributed by atoms with Crippen molar-refractivity contribution in [2.75, 3.05) is 0 Å². The van der Waals surface area contributed by atoms with Crippen LogP contribution in [-0.4, -0.2) is 0 Å². The van der Waals surface area contributed by atoms with Crippen molar-refractivity contribution in [3.05, 3.63) is 0 Å². The summed E-state index contributed by atoms with van der Waals surface area (Å²) in [5.74, 6) is 6.22. The fourth-order valence-electron chi connectivity index (χ4n) is 9.69. The van der Waals surface area contributed by atoms with Crippen LogP contribution in [0.1, 0.15) is 124 Å². The Kier molecular flexibility index (Phi) is 6.03. The van der Waals surface area contributed by atoms with Gasteiger partial charge in [0.1, 0.15) is 0 Å². The van der Waals surface area contributed by atoms with Crippen molar-refractivity contribution >= 4 is 0 Å². The van der Waals surface area contributed by atoms with Crippen molar-refractivity contribution in [1.29, 1.82) is 0 Å². The summed E-state index contributed by atoms with van der Waals surface area (Å²) in [6, 6.07) is 0. The molecule has 0 spiro atoms. The fourth-order valence-corrected chi connectivity index (χ4v) is 9.69. The lowest BCUT2D eigenvalue weighted by atomic mass is 9.47. The molecule has 27 heavy (non-hydrogen) atoms. The Hall–Kier alpha value is 0. The predicted molar refractivity (Wildman–Crippen MR) is 118 cm³/mol. The molecule has 4 aliphatic rings. The summed E-state index contributed by atoms with van der Waals surface area (Å²) in [7, 11) is 0. The summed E-state index contributed by atoms with van der Waals surface area (Å²) >= 11 is 0. The smallest absolute Gasteiger partial charge is 0.0207 e. The molecule has 6 unspecified atom stereocenters. The first kappa shape index (κ1) is 20.3. The quantitative estimate of drug-likeness (QED) is 0.437. The van der Waals surface area contributed by atoms with Gasteiger partial charge in [0.25, 0.3) is 0 Å². The largest absolute Gasteiger partial charge is 0.0651 e. The van der Waals surface area contributed by atoms with E-state index in [4.69, 9.17) is 0 Å². The van der Waals surface area contributed by atoms with Crippen LogP contribution in [-0.2, 0) is 0 Å². The lowest BCUT2D eigenvalue weighted by molar-refractivity contribution is -0.0936. The van der Waals surface area contributed by atoms with E-state index < -0.39 is 0 Å². The van der Waals surface area contributed by atoms with E-state index in [2.05, 4.69) is 27.7 Å². The normalized spacial score (nSPS) is 43.1. The van der Waals surface area contributed by atoms with Gasteiger partial charge in [0, 0.05) is 0 Å². The third-order valence-corrected chi connectivity index (χ3v) is 10.9. The van der Waals surface area contributed by atoms with Crippen molar-refractivity contribution in [2.24, 2.45) is 46.3 Å². The molecule has 4 fully saturated rings. The van der Waals surface area contributed by atoms with Crippen LogP contribution in [0, 0.1) is 46.3 Å². The maximum absolute atomic E-state index is 2.84. The van der Waals surface area contributed by atoms with Crippen LogP contribution in [0.2, 0.25) is 0 Å². The van der Waals surface area contributed by atoms with Gasteiger partial charge in [0.05, 0.1) is 0 Å². The first-order valence-corrected chi connectivity index (χ1v) is 13.0. The standard InChI is InChI=1S/C27H48/c1-5-23(20-13-9-7-10-14-20)25-22-17-18-26(3,19-22)27(25,4)24(6-2)21-15-11-8-12-16-21/h20-25H,5-19H2,1-4H3. The van der Waals surface area contributed by atoms with Gasteiger partial charge < -0.3 is 0 Å². The number of rotatable bonds is 6. The number of hydrogen-bond donors (Lipinski definition) is 0. The molecule has 4 aliphatic carbocycles. The van der Waals surface area contributed by atoms with Crippen molar-refractivity contribution in [3.63, 3.8) is 0 Å². The van der Waals surface area contributed by atoms with Gasteiger partial charge >= 0.3 is 0 Å². The molecule has 0 heterocycles. The SMILES string of the molecule is CCC(C1CCCCC1)C1C2CCC(C)(C2)C1(C)C(CC)C1CCCCC1. The molecule has 0 radical (unpaired) electrons. The molecule has 0 aromatic heterocycles. The first-order chi connectivity index (χ1) is 13.0. The Balaban J connectivity index is 1.67. The van der Waals surface area contributed by atoms with E-state index in [0.29, 0.717) is 10.8 Å². The van der Waals surface area contributed by atoms with Gasteiger partial charge in [-0.2, -0.15) is 0 Å². The molecule has 4 rings (SSSR count). The molecule has 0 saturated heterocycles. The zero-order valence-corrected chi connectivity index (χ0v) is 19.1. The molecule has 0 aromatic rings. The summed E-state index contributed by atoms with van der Waals surface area (Å²) < 4.78 is 0. The molecular formula is C27H48. The molecule has 0 amide bonds. The third-order valence-electron chi connectivity index (χ3n) is 10.9. The summed E-state index contributed by atoms with van der Waals surface area (Å²) in [5, 5.41) is 0. The van der Waals surface area contributed by atoms with Gasteiger partial charge in [0.15, 0.2) is 0 Å². The van der Waals surface area contributed by atoms with E-state index in [9.17, 15) is 0 Å². The van der Waals surface area contributed by atoms with Crippen LogP contribution in [0.4, 0.5) is 0 Å². The molecule has 2 bridgehead atoms. The van der Waals surface area contributed by atoms with E-state index in [1.54, 1.807) is 38.5 Å². The minimum absolute atomic E-state index is 0.616. The van der Waals surface area contributed by atoms with E-state index in [-0.39, 0.29) is 0 Å². The second-order valence-electron chi connectivity index (χ2n) is 11.8. The van der Waals surface area contributed by atoms with Gasteiger partial charge in [-0.3, -0.25) is 0 Å². The number of fused-ring (bicyclic) bond motifs is 2. The van der Waals surface area contributed by atoms with Gasteiger partial charge in [-0.25, -0.2) is 0 Å². The molecule has 156 valence electrons. The molecular weight excluding hydrogens is 324 g/mol. The summed E-state index contributed by atoms with van der Waals surface area (Å²) in [5.41, 5.74) is 1.26. The average Bonchev–Trinajstić information content (AvgIpc) is 3.19. The summed E-state index contributed by atoms with van der Waals surface area (Å²) in [4.78, 5) is 0. The van der Waals surface area contributed by atoms with Gasteiger partial charge in [-0.15, -0.1) is 0 Å². The van der Waals surface area contributed by atoms with Crippen LogP contribution < -0.4 is 0 Å². The van der Waals surface area contributed by atoms with Crippen molar-refractivity contribution < 1.29 is 0 Å². The van der Waals surface area contributed by atoms with Crippen LogP contribution in [0.5, 0.6) is 0 Å². The van der Waals surface area contributed by atoms with Crippen LogP contribution in [0.25, 0.3) is 0 Å².